The Morgan fingerprint density at radius 2 is 2.00 bits per heavy atom. The van der Waals surface area contributed by atoms with E-state index in [0.29, 0.717) is 10.8 Å². The van der Waals surface area contributed by atoms with Crippen molar-refractivity contribution in [3.63, 3.8) is 0 Å². The number of nitrogens with zero attached hydrogens (tertiary/aromatic N) is 2. The first-order chi connectivity index (χ1) is 9.56. The van der Waals surface area contributed by atoms with Crippen LogP contribution in [0.3, 0.4) is 0 Å². The summed E-state index contributed by atoms with van der Waals surface area (Å²) in [7, 11) is 1.84. The number of anilines is 1. The second kappa shape index (κ2) is 6.87. The Balaban J connectivity index is 2.58. The standard InChI is InChI=1S/C14H14Br2ClN3/c1-3-4-11-12(16)14(18-2)20-13(19-11)9-6-5-8(15)7-10(9)17/h5-7H,3-4H2,1-2H3,(H,18,19,20). The van der Waals surface area contributed by atoms with E-state index in [1.807, 2.05) is 25.2 Å². The second-order valence-corrected chi connectivity index (χ2v) is 6.40. The van der Waals surface area contributed by atoms with Crippen LogP contribution in [-0.4, -0.2) is 17.0 Å². The Bertz CT molecular complexity index is 632. The zero-order chi connectivity index (χ0) is 14.7. The third kappa shape index (κ3) is 3.32. The van der Waals surface area contributed by atoms with Crippen molar-refractivity contribution in [3.05, 3.63) is 37.9 Å². The number of halogens is 3. The lowest BCUT2D eigenvalue weighted by molar-refractivity contribution is 0.869. The molecule has 1 N–H and O–H groups in total. The summed E-state index contributed by atoms with van der Waals surface area (Å²) in [6.07, 6.45) is 1.91. The molecule has 0 amide bonds. The predicted molar refractivity (Wildman–Crippen MR) is 91.4 cm³/mol. The van der Waals surface area contributed by atoms with Gasteiger partial charge in [-0.3, -0.25) is 0 Å². The van der Waals surface area contributed by atoms with Crippen molar-refractivity contribution < 1.29 is 0 Å². The monoisotopic (exact) mass is 417 g/mol. The first-order valence-electron chi connectivity index (χ1n) is 6.26. The highest BCUT2D eigenvalue weighted by Crippen LogP contribution is 2.32. The lowest BCUT2D eigenvalue weighted by Crippen LogP contribution is -2.03. The minimum atomic E-state index is 0.631. The van der Waals surface area contributed by atoms with Gasteiger partial charge in [-0.25, -0.2) is 9.97 Å². The van der Waals surface area contributed by atoms with Gasteiger partial charge >= 0.3 is 0 Å². The van der Waals surface area contributed by atoms with Crippen molar-refractivity contribution in [1.82, 2.24) is 9.97 Å². The molecule has 0 aliphatic rings. The van der Waals surface area contributed by atoms with Gasteiger partial charge in [0.2, 0.25) is 0 Å². The molecule has 1 heterocycles. The maximum absolute atomic E-state index is 6.29. The van der Waals surface area contributed by atoms with Crippen LogP contribution in [0.4, 0.5) is 5.82 Å². The molecule has 20 heavy (non-hydrogen) atoms. The maximum Gasteiger partial charge on any atom is 0.163 e. The van der Waals surface area contributed by atoms with Crippen molar-refractivity contribution >= 4 is 49.3 Å². The molecule has 0 unspecified atom stereocenters. The number of benzene rings is 1. The summed E-state index contributed by atoms with van der Waals surface area (Å²) < 4.78 is 1.85. The van der Waals surface area contributed by atoms with Crippen molar-refractivity contribution in [3.8, 4) is 11.4 Å². The van der Waals surface area contributed by atoms with E-state index < -0.39 is 0 Å². The minimum Gasteiger partial charge on any atom is -0.372 e. The first-order valence-corrected chi connectivity index (χ1v) is 8.22. The van der Waals surface area contributed by atoms with Gasteiger partial charge in [-0.15, -0.1) is 0 Å². The van der Waals surface area contributed by atoms with Gasteiger partial charge < -0.3 is 5.32 Å². The molecule has 0 aliphatic heterocycles. The van der Waals surface area contributed by atoms with E-state index >= 15 is 0 Å². The second-order valence-electron chi connectivity index (χ2n) is 4.28. The molecular formula is C14H14Br2ClN3. The van der Waals surface area contributed by atoms with E-state index in [9.17, 15) is 0 Å². The van der Waals surface area contributed by atoms with E-state index in [4.69, 9.17) is 11.6 Å². The SMILES string of the molecule is CCCc1nc(-c2ccc(Br)cc2Cl)nc(NC)c1Br. The molecule has 0 atom stereocenters. The summed E-state index contributed by atoms with van der Waals surface area (Å²) in [5, 5.41) is 3.72. The highest BCUT2D eigenvalue weighted by atomic mass is 79.9. The Labute approximate surface area is 140 Å². The largest absolute Gasteiger partial charge is 0.372 e. The minimum absolute atomic E-state index is 0.631. The molecule has 0 saturated heterocycles. The molecule has 6 heteroatoms. The predicted octanol–water partition coefficient (Wildman–Crippen LogP) is 5.32. The average Bonchev–Trinajstić information content (AvgIpc) is 2.41. The van der Waals surface area contributed by atoms with E-state index in [1.54, 1.807) is 0 Å². The van der Waals surface area contributed by atoms with Crippen molar-refractivity contribution in [2.45, 2.75) is 19.8 Å². The smallest absolute Gasteiger partial charge is 0.163 e. The van der Waals surface area contributed by atoms with Gasteiger partial charge in [0.1, 0.15) is 5.82 Å². The highest BCUT2D eigenvalue weighted by Gasteiger charge is 2.14. The Morgan fingerprint density at radius 3 is 2.60 bits per heavy atom. The van der Waals surface area contributed by atoms with Crippen LogP contribution in [0.1, 0.15) is 19.0 Å². The number of nitrogens with one attached hydrogen (secondary N) is 1. The van der Waals surface area contributed by atoms with Crippen LogP contribution < -0.4 is 5.32 Å². The number of hydrogen-bond acceptors (Lipinski definition) is 3. The quantitative estimate of drug-likeness (QED) is 0.729. The molecule has 106 valence electrons. The molecule has 0 aliphatic carbocycles. The van der Waals surface area contributed by atoms with E-state index in [2.05, 4.69) is 54.1 Å². The molecule has 2 aromatic rings. The number of hydrogen-bond donors (Lipinski definition) is 1. The van der Waals surface area contributed by atoms with Gasteiger partial charge in [-0.1, -0.05) is 40.9 Å². The molecule has 0 spiro atoms. The van der Waals surface area contributed by atoms with E-state index in [1.165, 1.54) is 0 Å². The summed E-state index contributed by atoms with van der Waals surface area (Å²) in [4.78, 5) is 9.16. The van der Waals surface area contributed by atoms with Crippen molar-refractivity contribution in [2.24, 2.45) is 0 Å². The lowest BCUT2D eigenvalue weighted by atomic mass is 10.2. The van der Waals surface area contributed by atoms with Crippen molar-refractivity contribution in [1.29, 1.82) is 0 Å². The van der Waals surface area contributed by atoms with Crippen LogP contribution in [-0.2, 0) is 6.42 Å². The molecule has 1 aromatic carbocycles. The molecule has 1 aromatic heterocycles. The zero-order valence-electron chi connectivity index (χ0n) is 11.2. The molecule has 0 bridgehead atoms. The molecule has 0 radical (unpaired) electrons. The lowest BCUT2D eigenvalue weighted by Gasteiger charge is -2.11. The van der Waals surface area contributed by atoms with Crippen LogP contribution in [0.5, 0.6) is 0 Å². The fourth-order valence-electron chi connectivity index (χ4n) is 1.85. The van der Waals surface area contributed by atoms with Gasteiger partial charge in [0, 0.05) is 17.1 Å². The van der Waals surface area contributed by atoms with E-state index in [-0.39, 0.29) is 0 Å². The summed E-state index contributed by atoms with van der Waals surface area (Å²) in [6.45, 7) is 2.12. The average molecular weight is 420 g/mol. The fraction of sp³-hybridized carbons (Fsp3) is 0.286. The number of rotatable bonds is 4. The fourth-order valence-corrected chi connectivity index (χ4v) is 3.18. The number of aryl methyl sites for hydroxylation is 1. The summed E-state index contributed by atoms with van der Waals surface area (Å²) in [5.74, 6) is 1.41. The normalized spacial score (nSPS) is 10.7. The molecule has 0 saturated carbocycles. The van der Waals surface area contributed by atoms with Crippen LogP contribution in [0.25, 0.3) is 11.4 Å². The van der Waals surface area contributed by atoms with Gasteiger partial charge in [0.05, 0.1) is 15.2 Å². The van der Waals surface area contributed by atoms with Crippen LogP contribution in [0.2, 0.25) is 5.02 Å². The summed E-state index contributed by atoms with van der Waals surface area (Å²) in [5.41, 5.74) is 1.82. The van der Waals surface area contributed by atoms with Crippen molar-refractivity contribution in [2.75, 3.05) is 12.4 Å². The van der Waals surface area contributed by atoms with Gasteiger partial charge in [-0.2, -0.15) is 0 Å². The van der Waals surface area contributed by atoms with Crippen LogP contribution >= 0.6 is 43.5 Å². The third-order valence-electron chi connectivity index (χ3n) is 2.82. The highest BCUT2D eigenvalue weighted by molar-refractivity contribution is 9.11. The molecular weight excluding hydrogens is 405 g/mol. The third-order valence-corrected chi connectivity index (χ3v) is 4.45. The molecule has 3 nitrogen and oxygen atoms in total. The topological polar surface area (TPSA) is 37.8 Å². The Hall–Kier alpha value is -0.650. The van der Waals surface area contributed by atoms with Gasteiger partial charge in [-0.05, 0) is 40.5 Å². The maximum atomic E-state index is 6.29. The Morgan fingerprint density at radius 1 is 1.25 bits per heavy atom. The summed E-state index contributed by atoms with van der Waals surface area (Å²) in [6, 6.07) is 5.71. The zero-order valence-corrected chi connectivity index (χ0v) is 15.1. The summed E-state index contributed by atoms with van der Waals surface area (Å²) >= 11 is 13.2. The van der Waals surface area contributed by atoms with Crippen LogP contribution in [0.15, 0.2) is 27.1 Å². The molecule has 0 fully saturated rings. The van der Waals surface area contributed by atoms with E-state index in [0.717, 1.165) is 38.9 Å². The van der Waals surface area contributed by atoms with Gasteiger partial charge in [0.25, 0.3) is 0 Å². The Kier molecular flexibility index (Phi) is 5.41. The van der Waals surface area contributed by atoms with Crippen LogP contribution in [0, 0.1) is 0 Å². The molecule has 2 rings (SSSR count). The first kappa shape index (κ1) is 15.7. The number of aromatic nitrogens is 2. The van der Waals surface area contributed by atoms with Gasteiger partial charge in [0.15, 0.2) is 5.82 Å².